The van der Waals surface area contributed by atoms with E-state index in [-0.39, 0.29) is 18.6 Å². The first kappa shape index (κ1) is 20.3. The van der Waals surface area contributed by atoms with Crippen molar-refractivity contribution in [2.24, 2.45) is 0 Å². The molecule has 0 saturated heterocycles. The summed E-state index contributed by atoms with van der Waals surface area (Å²) in [6, 6.07) is 13.7. The number of para-hydroxylation sites is 1. The maximum Gasteiger partial charge on any atom is 0.257 e. The first-order valence-electron chi connectivity index (χ1n) is 9.71. The molecule has 1 aliphatic rings. The SMILES string of the molecule is CCOCC(=O)N1c2ccccc2CCc2ccc(NC(O)OC(C)C)cc21. The van der Waals surface area contributed by atoms with Gasteiger partial charge in [-0.3, -0.25) is 9.69 Å². The molecule has 2 aromatic rings. The highest BCUT2D eigenvalue weighted by Crippen LogP contribution is 2.37. The zero-order valence-corrected chi connectivity index (χ0v) is 16.6. The molecule has 0 radical (unpaired) electrons. The van der Waals surface area contributed by atoms with E-state index < -0.39 is 6.41 Å². The average Bonchev–Trinajstić information content (AvgIpc) is 2.82. The highest BCUT2D eigenvalue weighted by molar-refractivity contribution is 6.03. The van der Waals surface area contributed by atoms with Crippen LogP contribution in [-0.2, 0) is 27.1 Å². The van der Waals surface area contributed by atoms with Gasteiger partial charge in [-0.05, 0) is 62.9 Å². The van der Waals surface area contributed by atoms with Crippen LogP contribution in [0.2, 0.25) is 0 Å². The molecule has 0 spiro atoms. The molecule has 2 aromatic carbocycles. The van der Waals surface area contributed by atoms with Crippen LogP contribution < -0.4 is 10.2 Å². The molecule has 150 valence electrons. The summed E-state index contributed by atoms with van der Waals surface area (Å²) in [6.07, 6.45) is 0.451. The van der Waals surface area contributed by atoms with E-state index in [2.05, 4.69) is 11.4 Å². The molecule has 0 bridgehead atoms. The van der Waals surface area contributed by atoms with Crippen LogP contribution in [0.15, 0.2) is 42.5 Å². The topological polar surface area (TPSA) is 71.0 Å². The second-order valence-corrected chi connectivity index (χ2v) is 7.02. The summed E-state index contributed by atoms with van der Waals surface area (Å²) in [6.45, 7) is 6.07. The van der Waals surface area contributed by atoms with Gasteiger partial charge in [0.1, 0.15) is 6.61 Å². The fraction of sp³-hybridized carbons (Fsp3) is 0.409. The zero-order chi connectivity index (χ0) is 20.1. The Morgan fingerprint density at radius 2 is 1.86 bits per heavy atom. The van der Waals surface area contributed by atoms with Gasteiger partial charge < -0.3 is 19.9 Å². The molecule has 1 atom stereocenters. The first-order chi connectivity index (χ1) is 13.5. The lowest BCUT2D eigenvalue weighted by atomic mass is 10.0. The summed E-state index contributed by atoms with van der Waals surface area (Å²) in [5, 5.41) is 13.0. The molecule has 0 aromatic heterocycles. The standard InChI is InChI=1S/C22H28N2O4/c1-4-27-14-21(25)24-19-8-6-5-7-16(19)9-10-17-11-12-18(13-20(17)24)23-22(26)28-15(2)3/h5-8,11-13,15,22-23,26H,4,9-10,14H2,1-3H3. The summed E-state index contributed by atoms with van der Waals surface area (Å²) in [4.78, 5) is 14.8. The van der Waals surface area contributed by atoms with Gasteiger partial charge in [-0.1, -0.05) is 24.3 Å². The van der Waals surface area contributed by atoms with Crippen LogP contribution in [-0.4, -0.2) is 36.7 Å². The van der Waals surface area contributed by atoms with Gasteiger partial charge in [-0.15, -0.1) is 0 Å². The monoisotopic (exact) mass is 384 g/mol. The third-order valence-electron chi connectivity index (χ3n) is 4.59. The molecule has 3 rings (SSSR count). The number of aliphatic hydroxyl groups excluding tert-OH is 1. The van der Waals surface area contributed by atoms with Crippen LogP contribution in [0.25, 0.3) is 0 Å². The van der Waals surface area contributed by atoms with E-state index in [0.29, 0.717) is 12.3 Å². The maximum atomic E-state index is 13.0. The molecule has 1 unspecified atom stereocenters. The van der Waals surface area contributed by atoms with E-state index in [9.17, 15) is 9.90 Å². The second-order valence-electron chi connectivity index (χ2n) is 7.02. The third kappa shape index (κ3) is 4.70. The minimum atomic E-state index is -1.12. The molecule has 0 fully saturated rings. The van der Waals surface area contributed by atoms with Crippen molar-refractivity contribution in [1.29, 1.82) is 0 Å². The molecule has 28 heavy (non-hydrogen) atoms. The number of ether oxygens (including phenoxy) is 2. The van der Waals surface area contributed by atoms with E-state index in [1.807, 2.05) is 57.2 Å². The number of amides is 1. The molecule has 1 amide bonds. The van der Waals surface area contributed by atoms with Crippen LogP contribution in [0.4, 0.5) is 17.1 Å². The van der Waals surface area contributed by atoms with Crippen LogP contribution in [0.1, 0.15) is 31.9 Å². The summed E-state index contributed by atoms with van der Waals surface area (Å²) < 4.78 is 10.7. The predicted octanol–water partition coefficient (Wildman–Crippen LogP) is 3.60. The Kier molecular flexibility index (Phi) is 6.67. The Morgan fingerprint density at radius 1 is 1.14 bits per heavy atom. The summed E-state index contributed by atoms with van der Waals surface area (Å²) in [5.74, 6) is -0.117. The minimum Gasteiger partial charge on any atom is -0.372 e. The number of nitrogens with one attached hydrogen (secondary N) is 1. The van der Waals surface area contributed by atoms with E-state index in [1.54, 1.807) is 4.90 Å². The molecule has 2 N–H and O–H groups in total. The molecule has 0 saturated carbocycles. The lowest BCUT2D eigenvalue weighted by Crippen LogP contribution is -2.31. The fourth-order valence-corrected chi connectivity index (χ4v) is 3.37. The van der Waals surface area contributed by atoms with Crippen LogP contribution >= 0.6 is 0 Å². The number of aliphatic hydroxyl groups is 1. The second kappa shape index (κ2) is 9.19. The van der Waals surface area contributed by atoms with Gasteiger partial charge in [-0.25, -0.2) is 0 Å². The van der Waals surface area contributed by atoms with Crippen molar-refractivity contribution in [1.82, 2.24) is 0 Å². The number of rotatable bonds is 7. The zero-order valence-electron chi connectivity index (χ0n) is 16.6. The number of aryl methyl sites for hydroxylation is 2. The Bertz CT molecular complexity index is 822. The largest absolute Gasteiger partial charge is 0.372 e. The van der Waals surface area contributed by atoms with Crippen molar-refractivity contribution in [2.45, 2.75) is 46.1 Å². The lowest BCUT2D eigenvalue weighted by Gasteiger charge is -2.26. The van der Waals surface area contributed by atoms with Gasteiger partial charge in [0.05, 0.1) is 17.5 Å². The number of hydrogen-bond acceptors (Lipinski definition) is 5. The number of benzene rings is 2. The van der Waals surface area contributed by atoms with Gasteiger partial charge in [-0.2, -0.15) is 0 Å². The van der Waals surface area contributed by atoms with E-state index >= 15 is 0 Å². The Hall–Kier alpha value is -2.41. The van der Waals surface area contributed by atoms with Crippen molar-refractivity contribution in [3.05, 3.63) is 53.6 Å². The summed E-state index contributed by atoms with van der Waals surface area (Å²) in [7, 11) is 0. The van der Waals surface area contributed by atoms with Gasteiger partial charge in [0, 0.05) is 12.3 Å². The van der Waals surface area contributed by atoms with Crippen LogP contribution in [0.3, 0.4) is 0 Å². The summed E-state index contributed by atoms with van der Waals surface area (Å²) >= 11 is 0. The van der Waals surface area contributed by atoms with E-state index in [1.165, 1.54) is 0 Å². The van der Waals surface area contributed by atoms with Gasteiger partial charge in [0.2, 0.25) is 6.41 Å². The predicted molar refractivity (Wildman–Crippen MR) is 110 cm³/mol. The third-order valence-corrected chi connectivity index (χ3v) is 4.59. The highest BCUT2D eigenvalue weighted by atomic mass is 16.6. The van der Waals surface area contributed by atoms with Crippen molar-refractivity contribution >= 4 is 23.0 Å². The van der Waals surface area contributed by atoms with Gasteiger partial charge in [0.25, 0.3) is 5.91 Å². The Labute approximate surface area is 166 Å². The smallest absolute Gasteiger partial charge is 0.257 e. The Balaban J connectivity index is 1.98. The molecular formula is C22H28N2O4. The summed E-state index contributed by atoms with van der Waals surface area (Å²) in [5.41, 5.74) is 4.56. The van der Waals surface area contributed by atoms with Crippen molar-refractivity contribution in [3.8, 4) is 0 Å². The number of nitrogens with zero attached hydrogens (tertiary/aromatic N) is 1. The molecule has 1 aliphatic heterocycles. The number of carbonyl (C=O) groups excluding carboxylic acids is 1. The Morgan fingerprint density at radius 3 is 2.57 bits per heavy atom. The normalized spacial score (nSPS) is 14.2. The molecular weight excluding hydrogens is 356 g/mol. The quantitative estimate of drug-likeness (QED) is 0.714. The minimum absolute atomic E-state index is 0.0149. The van der Waals surface area contributed by atoms with Gasteiger partial charge >= 0.3 is 0 Å². The number of anilines is 3. The highest BCUT2D eigenvalue weighted by Gasteiger charge is 2.26. The molecule has 1 heterocycles. The number of carbonyl (C=O) groups is 1. The fourth-order valence-electron chi connectivity index (χ4n) is 3.37. The van der Waals surface area contributed by atoms with Crippen molar-refractivity contribution in [2.75, 3.05) is 23.4 Å². The van der Waals surface area contributed by atoms with Crippen LogP contribution in [0.5, 0.6) is 0 Å². The lowest BCUT2D eigenvalue weighted by molar-refractivity contribution is -0.122. The number of fused-ring (bicyclic) bond motifs is 2. The molecule has 6 nitrogen and oxygen atoms in total. The van der Waals surface area contributed by atoms with Crippen LogP contribution in [0, 0.1) is 0 Å². The number of hydrogen-bond donors (Lipinski definition) is 2. The van der Waals surface area contributed by atoms with Crippen molar-refractivity contribution < 1.29 is 19.4 Å². The van der Waals surface area contributed by atoms with E-state index in [0.717, 1.165) is 35.3 Å². The van der Waals surface area contributed by atoms with E-state index in [4.69, 9.17) is 9.47 Å². The first-order valence-corrected chi connectivity index (χ1v) is 9.71. The van der Waals surface area contributed by atoms with Gasteiger partial charge in [0.15, 0.2) is 0 Å². The average molecular weight is 384 g/mol. The van der Waals surface area contributed by atoms with Crippen molar-refractivity contribution in [3.63, 3.8) is 0 Å². The molecule has 6 heteroatoms. The molecule has 0 aliphatic carbocycles. The maximum absolute atomic E-state index is 13.0.